The molecule has 2 rings (SSSR count). The number of nitriles is 1. The standard InChI is InChI=1S/C17H13N3O3/c1-12-5-2-3-8-16(12)19-17(21)14(11-18)9-13-6-4-7-15(10-13)20(22)23/h2-10H,1H3,(H,19,21)/b14-9-. The van der Waals surface area contributed by atoms with Crippen molar-refractivity contribution in [1.29, 1.82) is 5.26 Å². The lowest BCUT2D eigenvalue weighted by Gasteiger charge is -2.07. The van der Waals surface area contributed by atoms with Crippen LogP contribution < -0.4 is 5.32 Å². The van der Waals surface area contributed by atoms with E-state index in [1.54, 1.807) is 18.2 Å². The van der Waals surface area contributed by atoms with E-state index in [2.05, 4.69) is 5.32 Å². The molecule has 0 fully saturated rings. The van der Waals surface area contributed by atoms with Crippen molar-refractivity contribution in [2.45, 2.75) is 6.92 Å². The van der Waals surface area contributed by atoms with Gasteiger partial charge in [-0.25, -0.2) is 0 Å². The molecule has 6 heteroatoms. The van der Waals surface area contributed by atoms with Gasteiger partial charge in [0, 0.05) is 17.8 Å². The molecule has 0 aliphatic carbocycles. The number of rotatable bonds is 4. The highest BCUT2D eigenvalue weighted by Crippen LogP contribution is 2.18. The zero-order chi connectivity index (χ0) is 16.8. The number of carbonyl (C=O) groups excluding carboxylic acids is 1. The summed E-state index contributed by atoms with van der Waals surface area (Å²) >= 11 is 0. The van der Waals surface area contributed by atoms with Crippen LogP contribution >= 0.6 is 0 Å². The van der Waals surface area contributed by atoms with Gasteiger partial charge in [-0.2, -0.15) is 5.26 Å². The molecule has 0 heterocycles. The van der Waals surface area contributed by atoms with Gasteiger partial charge in [-0.3, -0.25) is 14.9 Å². The lowest BCUT2D eigenvalue weighted by atomic mass is 10.1. The third kappa shape index (κ3) is 4.02. The number of hydrogen-bond acceptors (Lipinski definition) is 4. The van der Waals surface area contributed by atoms with Crippen LogP contribution in [0.4, 0.5) is 11.4 Å². The van der Waals surface area contributed by atoms with E-state index in [0.717, 1.165) is 5.56 Å². The zero-order valence-electron chi connectivity index (χ0n) is 12.3. The summed E-state index contributed by atoms with van der Waals surface area (Å²) in [6.07, 6.45) is 1.32. The van der Waals surface area contributed by atoms with Gasteiger partial charge in [-0.05, 0) is 30.2 Å². The highest BCUT2D eigenvalue weighted by molar-refractivity contribution is 6.09. The Labute approximate surface area is 132 Å². The molecule has 0 saturated heterocycles. The fourth-order valence-corrected chi connectivity index (χ4v) is 1.95. The summed E-state index contributed by atoms with van der Waals surface area (Å²) in [5, 5.41) is 22.6. The fourth-order valence-electron chi connectivity index (χ4n) is 1.95. The highest BCUT2D eigenvalue weighted by atomic mass is 16.6. The molecule has 23 heavy (non-hydrogen) atoms. The number of carbonyl (C=O) groups is 1. The lowest BCUT2D eigenvalue weighted by molar-refractivity contribution is -0.384. The molecule has 0 aliphatic heterocycles. The molecule has 1 N–H and O–H groups in total. The Morgan fingerprint density at radius 2 is 2.00 bits per heavy atom. The number of benzene rings is 2. The molecule has 0 spiro atoms. The maximum atomic E-state index is 12.2. The number of non-ortho nitro benzene ring substituents is 1. The number of aryl methyl sites for hydroxylation is 1. The summed E-state index contributed by atoms with van der Waals surface area (Å²) in [6, 6.07) is 14.7. The summed E-state index contributed by atoms with van der Waals surface area (Å²) in [5.41, 5.74) is 1.66. The molecule has 2 aromatic rings. The van der Waals surface area contributed by atoms with Gasteiger partial charge < -0.3 is 5.32 Å². The first-order valence-corrected chi connectivity index (χ1v) is 6.74. The molecule has 1 amide bonds. The molecule has 0 aliphatic rings. The molecule has 0 aromatic heterocycles. The molecule has 114 valence electrons. The van der Waals surface area contributed by atoms with Crippen molar-refractivity contribution in [2.24, 2.45) is 0 Å². The monoisotopic (exact) mass is 307 g/mol. The molecule has 6 nitrogen and oxygen atoms in total. The van der Waals surface area contributed by atoms with E-state index in [4.69, 9.17) is 0 Å². The third-order valence-electron chi connectivity index (χ3n) is 3.15. The average molecular weight is 307 g/mol. The Bertz CT molecular complexity index is 835. The predicted octanol–water partition coefficient (Wildman–Crippen LogP) is 3.45. The normalized spacial score (nSPS) is 10.7. The minimum absolute atomic E-state index is 0.102. The first-order valence-electron chi connectivity index (χ1n) is 6.74. The maximum Gasteiger partial charge on any atom is 0.270 e. The van der Waals surface area contributed by atoms with Crippen molar-refractivity contribution in [3.63, 3.8) is 0 Å². The van der Waals surface area contributed by atoms with Crippen LogP contribution in [0.15, 0.2) is 54.1 Å². The van der Waals surface area contributed by atoms with E-state index in [-0.39, 0.29) is 11.3 Å². The number of nitrogens with zero attached hydrogens (tertiary/aromatic N) is 2. The molecule has 0 radical (unpaired) electrons. The van der Waals surface area contributed by atoms with Crippen LogP contribution in [-0.4, -0.2) is 10.8 Å². The van der Waals surface area contributed by atoms with Gasteiger partial charge in [-0.15, -0.1) is 0 Å². The summed E-state index contributed by atoms with van der Waals surface area (Å²) in [4.78, 5) is 22.4. The SMILES string of the molecule is Cc1ccccc1NC(=O)/C(C#N)=C\c1cccc([N+](=O)[O-])c1. The molecule has 0 unspecified atom stereocenters. The molecule has 2 aromatic carbocycles. The molecule has 0 bridgehead atoms. The Morgan fingerprint density at radius 3 is 2.65 bits per heavy atom. The quantitative estimate of drug-likeness (QED) is 0.405. The van der Waals surface area contributed by atoms with Gasteiger partial charge in [0.15, 0.2) is 0 Å². The van der Waals surface area contributed by atoms with Crippen LogP contribution in [0.2, 0.25) is 0 Å². The first-order chi connectivity index (χ1) is 11.0. The van der Waals surface area contributed by atoms with E-state index in [9.17, 15) is 20.2 Å². The van der Waals surface area contributed by atoms with Crippen LogP contribution in [0.25, 0.3) is 6.08 Å². The zero-order valence-corrected chi connectivity index (χ0v) is 12.3. The van der Waals surface area contributed by atoms with Gasteiger partial charge in [-0.1, -0.05) is 30.3 Å². The summed E-state index contributed by atoms with van der Waals surface area (Å²) in [7, 11) is 0. The van der Waals surface area contributed by atoms with Gasteiger partial charge in [0.25, 0.3) is 11.6 Å². The summed E-state index contributed by atoms with van der Waals surface area (Å²) in [6.45, 7) is 1.84. The van der Waals surface area contributed by atoms with E-state index in [1.807, 2.05) is 25.1 Å². The van der Waals surface area contributed by atoms with Crippen LogP contribution in [0.3, 0.4) is 0 Å². The molecular weight excluding hydrogens is 294 g/mol. The Balaban J connectivity index is 2.27. The van der Waals surface area contributed by atoms with Crippen molar-refractivity contribution in [1.82, 2.24) is 0 Å². The topological polar surface area (TPSA) is 96.0 Å². The Kier molecular flexibility index (Phi) is 4.85. The number of nitro benzene ring substituents is 1. The summed E-state index contributed by atoms with van der Waals surface area (Å²) in [5.74, 6) is -0.562. The van der Waals surface area contributed by atoms with Gasteiger partial charge in [0.1, 0.15) is 11.6 Å². The van der Waals surface area contributed by atoms with Crippen LogP contribution in [-0.2, 0) is 4.79 Å². The molecule has 0 atom stereocenters. The Hall–Kier alpha value is -3.46. The van der Waals surface area contributed by atoms with Gasteiger partial charge in [0.05, 0.1) is 4.92 Å². The van der Waals surface area contributed by atoms with Crippen molar-refractivity contribution < 1.29 is 9.72 Å². The number of para-hydroxylation sites is 1. The minimum atomic E-state index is -0.562. The number of hydrogen-bond donors (Lipinski definition) is 1. The maximum absolute atomic E-state index is 12.2. The van der Waals surface area contributed by atoms with Crippen molar-refractivity contribution in [3.05, 3.63) is 75.3 Å². The summed E-state index contributed by atoms with van der Waals surface area (Å²) < 4.78 is 0. The number of nitro groups is 1. The van der Waals surface area contributed by atoms with Crippen molar-refractivity contribution in [3.8, 4) is 6.07 Å². The first kappa shape index (κ1) is 15.9. The van der Waals surface area contributed by atoms with E-state index >= 15 is 0 Å². The Morgan fingerprint density at radius 1 is 1.26 bits per heavy atom. The second-order valence-corrected chi connectivity index (χ2v) is 4.79. The second-order valence-electron chi connectivity index (χ2n) is 4.79. The second kappa shape index (κ2) is 7.00. The largest absolute Gasteiger partial charge is 0.321 e. The van der Waals surface area contributed by atoms with E-state index in [1.165, 1.54) is 24.3 Å². The van der Waals surface area contributed by atoms with E-state index < -0.39 is 10.8 Å². The van der Waals surface area contributed by atoms with Crippen LogP contribution in [0, 0.1) is 28.4 Å². The van der Waals surface area contributed by atoms with Gasteiger partial charge >= 0.3 is 0 Å². The molecule has 0 saturated carbocycles. The number of amides is 1. The number of anilines is 1. The van der Waals surface area contributed by atoms with Gasteiger partial charge in [0.2, 0.25) is 0 Å². The van der Waals surface area contributed by atoms with Crippen molar-refractivity contribution in [2.75, 3.05) is 5.32 Å². The minimum Gasteiger partial charge on any atom is -0.321 e. The van der Waals surface area contributed by atoms with Crippen molar-refractivity contribution >= 4 is 23.4 Å². The van der Waals surface area contributed by atoms with Crippen LogP contribution in [0.5, 0.6) is 0 Å². The average Bonchev–Trinajstić information content (AvgIpc) is 2.55. The highest BCUT2D eigenvalue weighted by Gasteiger charge is 2.12. The smallest absolute Gasteiger partial charge is 0.270 e. The fraction of sp³-hybridized carbons (Fsp3) is 0.0588. The van der Waals surface area contributed by atoms with E-state index in [0.29, 0.717) is 11.3 Å². The molecular formula is C17H13N3O3. The third-order valence-corrected chi connectivity index (χ3v) is 3.15. The van der Waals surface area contributed by atoms with Crippen LogP contribution in [0.1, 0.15) is 11.1 Å². The predicted molar refractivity (Wildman–Crippen MR) is 86.5 cm³/mol. The number of nitrogens with one attached hydrogen (secondary N) is 1. The lowest BCUT2D eigenvalue weighted by Crippen LogP contribution is -2.14.